The molecule has 0 aromatic heterocycles. The van der Waals surface area contributed by atoms with Gasteiger partial charge < -0.3 is 5.11 Å². The Morgan fingerprint density at radius 2 is 1.08 bits per heavy atom. The zero-order chi connectivity index (χ0) is 18.2. The number of benzene rings is 1. The highest BCUT2D eigenvalue weighted by atomic mass is 35.5. The first-order valence-electron chi connectivity index (χ1n) is 10.1. The maximum atomic E-state index is 10.4. The Hall–Kier alpha value is -1.02. The van der Waals surface area contributed by atoms with Crippen LogP contribution in [0.4, 0.5) is 0 Å². The van der Waals surface area contributed by atoms with Gasteiger partial charge in [0.2, 0.25) is 0 Å². The Balaban J connectivity index is 1.76. The average Bonchev–Trinajstić information content (AvgIpc) is 2.59. The topological polar surface area (TPSA) is 37.3 Å². The van der Waals surface area contributed by atoms with Crippen LogP contribution in [0.15, 0.2) is 24.3 Å². The molecule has 0 aliphatic carbocycles. The van der Waals surface area contributed by atoms with Crippen molar-refractivity contribution in [1.82, 2.24) is 0 Å². The molecule has 0 atom stereocenters. The van der Waals surface area contributed by atoms with E-state index in [1.54, 1.807) is 0 Å². The van der Waals surface area contributed by atoms with Gasteiger partial charge in [-0.05, 0) is 37.0 Å². The quantitative estimate of drug-likeness (QED) is 0.309. The van der Waals surface area contributed by atoms with Crippen LogP contribution in [-0.2, 0) is 11.2 Å². The molecule has 0 saturated carbocycles. The van der Waals surface area contributed by atoms with E-state index in [4.69, 9.17) is 16.7 Å². The number of rotatable bonds is 16. The van der Waals surface area contributed by atoms with Gasteiger partial charge in [0, 0.05) is 11.4 Å². The second kappa shape index (κ2) is 15.3. The molecule has 1 N–H and O–H groups in total. The molecule has 0 radical (unpaired) electrons. The largest absolute Gasteiger partial charge is 0.481 e. The SMILES string of the molecule is O=C(O)CCCCCCCCCCCCCCCc1ccc(Cl)cc1. The first-order valence-corrected chi connectivity index (χ1v) is 10.5. The smallest absolute Gasteiger partial charge is 0.303 e. The molecule has 0 aliphatic rings. The summed E-state index contributed by atoms with van der Waals surface area (Å²) in [6, 6.07) is 8.23. The minimum Gasteiger partial charge on any atom is -0.481 e. The van der Waals surface area contributed by atoms with Crippen molar-refractivity contribution in [2.75, 3.05) is 0 Å². The predicted molar refractivity (Wildman–Crippen MR) is 107 cm³/mol. The van der Waals surface area contributed by atoms with E-state index in [-0.39, 0.29) is 0 Å². The van der Waals surface area contributed by atoms with Gasteiger partial charge in [0.15, 0.2) is 0 Å². The third-order valence-electron chi connectivity index (χ3n) is 4.77. The van der Waals surface area contributed by atoms with Gasteiger partial charge in [-0.15, -0.1) is 0 Å². The number of unbranched alkanes of at least 4 members (excludes halogenated alkanes) is 12. The van der Waals surface area contributed by atoms with Crippen LogP contribution in [0.2, 0.25) is 5.02 Å². The highest BCUT2D eigenvalue weighted by Gasteiger charge is 1.97. The zero-order valence-corrected chi connectivity index (χ0v) is 16.4. The van der Waals surface area contributed by atoms with Gasteiger partial charge in [-0.2, -0.15) is 0 Å². The molecule has 0 fully saturated rings. The molecule has 0 heterocycles. The lowest BCUT2D eigenvalue weighted by Gasteiger charge is -2.04. The number of aliphatic carboxylic acids is 1. The van der Waals surface area contributed by atoms with Crippen LogP contribution in [0.3, 0.4) is 0 Å². The molecule has 25 heavy (non-hydrogen) atoms. The Morgan fingerprint density at radius 1 is 0.680 bits per heavy atom. The standard InChI is InChI=1S/C22H35ClO2/c23-21-18-16-20(17-19-21)14-12-10-8-6-4-2-1-3-5-7-9-11-13-15-22(24)25/h16-19H,1-15H2,(H,24,25). The van der Waals surface area contributed by atoms with E-state index in [0.717, 1.165) is 17.9 Å². The first-order chi connectivity index (χ1) is 12.2. The highest BCUT2D eigenvalue weighted by Crippen LogP contribution is 2.15. The number of carbonyl (C=O) groups is 1. The summed E-state index contributed by atoms with van der Waals surface area (Å²) in [6.45, 7) is 0. The Labute approximate surface area is 159 Å². The summed E-state index contributed by atoms with van der Waals surface area (Å²) in [6.07, 6.45) is 18.0. The lowest BCUT2D eigenvalue weighted by atomic mass is 10.0. The Bertz CT molecular complexity index is 442. The second-order valence-corrected chi connectivity index (χ2v) is 7.55. The number of hydrogen-bond donors (Lipinski definition) is 1. The van der Waals surface area contributed by atoms with Crippen LogP contribution < -0.4 is 0 Å². The molecule has 0 aliphatic heterocycles. The van der Waals surface area contributed by atoms with E-state index in [2.05, 4.69) is 12.1 Å². The van der Waals surface area contributed by atoms with Crippen LogP contribution in [0.5, 0.6) is 0 Å². The van der Waals surface area contributed by atoms with Crippen LogP contribution in [0, 0.1) is 0 Å². The second-order valence-electron chi connectivity index (χ2n) is 7.12. The summed E-state index contributed by atoms with van der Waals surface area (Å²) in [5.74, 6) is -0.662. The van der Waals surface area contributed by atoms with Crippen molar-refractivity contribution in [3.63, 3.8) is 0 Å². The minimum absolute atomic E-state index is 0.333. The molecule has 1 aromatic carbocycles. The van der Waals surface area contributed by atoms with Crippen LogP contribution >= 0.6 is 11.6 Å². The van der Waals surface area contributed by atoms with Crippen LogP contribution in [0.1, 0.15) is 95.5 Å². The van der Waals surface area contributed by atoms with Crippen molar-refractivity contribution in [3.8, 4) is 0 Å². The normalized spacial score (nSPS) is 10.9. The maximum Gasteiger partial charge on any atom is 0.303 e. The molecule has 0 bridgehead atoms. The fourth-order valence-electron chi connectivity index (χ4n) is 3.20. The predicted octanol–water partition coefficient (Wildman–Crippen LogP) is 7.43. The number of carboxylic acids is 1. The maximum absolute atomic E-state index is 10.4. The van der Waals surface area contributed by atoms with Crippen molar-refractivity contribution in [1.29, 1.82) is 0 Å². The molecule has 0 amide bonds. The van der Waals surface area contributed by atoms with Gasteiger partial charge in [-0.1, -0.05) is 94.4 Å². The third-order valence-corrected chi connectivity index (χ3v) is 5.02. The van der Waals surface area contributed by atoms with E-state index in [9.17, 15) is 4.79 Å². The number of aryl methyl sites for hydroxylation is 1. The molecular weight excluding hydrogens is 332 g/mol. The van der Waals surface area contributed by atoms with E-state index < -0.39 is 5.97 Å². The zero-order valence-electron chi connectivity index (χ0n) is 15.6. The lowest BCUT2D eigenvalue weighted by Crippen LogP contribution is -1.93. The molecule has 0 unspecified atom stereocenters. The van der Waals surface area contributed by atoms with E-state index >= 15 is 0 Å². The van der Waals surface area contributed by atoms with Crippen molar-refractivity contribution in [2.45, 2.75) is 96.3 Å². The van der Waals surface area contributed by atoms with Gasteiger partial charge in [-0.3, -0.25) is 4.79 Å². The Morgan fingerprint density at radius 3 is 1.52 bits per heavy atom. The van der Waals surface area contributed by atoms with Crippen molar-refractivity contribution in [3.05, 3.63) is 34.9 Å². The molecule has 142 valence electrons. The van der Waals surface area contributed by atoms with Gasteiger partial charge in [0.1, 0.15) is 0 Å². The molecule has 0 spiro atoms. The lowest BCUT2D eigenvalue weighted by molar-refractivity contribution is -0.137. The van der Waals surface area contributed by atoms with E-state index in [1.807, 2.05) is 12.1 Å². The number of carboxylic acid groups (broad SMARTS) is 1. The summed E-state index contributed by atoms with van der Waals surface area (Å²) >= 11 is 5.89. The van der Waals surface area contributed by atoms with Gasteiger partial charge >= 0.3 is 5.97 Å². The van der Waals surface area contributed by atoms with Crippen LogP contribution in [-0.4, -0.2) is 11.1 Å². The van der Waals surface area contributed by atoms with Crippen molar-refractivity contribution < 1.29 is 9.90 Å². The third kappa shape index (κ3) is 13.9. The molecule has 3 heteroatoms. The average molecular weight is 367 g/mol. The number of hydrogen-bond acceptors (Lipinski definition) is 1. The van der Waals surface area contributed by atoms with E-state index in [0.29, 0.717) is 6.42 Å². The van der Waals surface area contributed by atoms with Crippen molar-refractivity contribution in [2.24, 2.45) is 0 Å². The summed E-state index contributed by atoms with van der Waals surface area (Å²) in [4.78, 5) is 10.4. The summed E-state index contributed by atoms with van der Waals surface area (Å²) in [5, 5.41) is 9.38. The van der Waals surface area contributed by atoms with Crippen molar-refractivity contribution >= 4 is 17.6 Å². The van der Waals surface area contributed by atoms with Gasteiger partial charge in [0.25, 0.3) is 0 Å². The summed E-state index contributed by atoms with van der Waals surface area (Å²) < 4.78 is 0. The summed E-state index contributed by atoms with van der Waals surface area (Å²) in [5.41, 5.74) is 1.40. The highest BCUT2D eigenvalue weighted by molar-refractivity contribution is 6.30. The molecular formula is C22H35ClO2. The molecule has 1 rings (SSSR count). The Kier molecular flexibility index (Phi) is 13.4. The minimum atomic E-state index is -0.662. The monoisotopic (exact) mass is 366 g/mol. The molecule has 2 nitrogen and oxygen atoms in total. The summed E-state index contributed by atoms with van der Waals surface area (Å²) in [7, 11) is 0. The fraction of sp³-hybridized carbons (Fsp3) is 0.682. The first kappa shape index (κ1) is 22.0. The van der Waals surface area contributed by atoms with Gasteiger partial charge in [0.05, 0.1) is 0 Å². The van der Waals surface area contributed by atoms with Crippen LogP contribution in [0.25, 0.3) is 0 Å². The fourth-order valence-corrected chi connectivity index (χ4v) is 3.33. The molecule has 0 saturated heterocycles. The van der Waals surface area contributed by atoms with E-state index in [1.165, 1.54) is 82.6 Å². The van der Waals surface area contributed by atoms with Gasteiger partial charge in [-0.25, -0.2) is 0 Å². The molecule has 1 aromatic rings. The number of halogens is 1.